The molecule has 1 amide bonds. The van der Waals surface area contributed by atoms with Crippen LogP contribution < -0.4 is 14.4 Å². The first-order valence-corrected chi connectivity index (χ1v) is 18.1. The number of anilines is 1. The summed E-state index contributed by atoms with van der Waals surface area (Å²) in [6, 6.07) is 14.9. The fourth-order valence-corrected chi connectivity index (χ4v) is 8.09. The minimum absolute atomic E-state index is 0.00135. The van der Waals surface area contributed by atoms with Gasteiger partial charge in [-0.2, -0.15) is 0 Å². The number of aromatic nitrogens is 1. The number of rotatable bonds is 11. The lowest BCUT2D eigenvalue weighted by atomic mass is 9.77. The van der Waals surface area contributed by atoms with Gasteiger partial charge in [0.1, 0.15) is 11.4 Å². The Labute approximate surface area is 285 Å². The number of carbonyl (C=O) groups excluding carboxylic acids is 2. The van der Waals surface area contributed by atoms with Crippen molar-refractivity contribution < 1.29 is 23.8 Å². The molecule has 2 saturated carbocycles. The molecule has 2 aliphatic rings. The summed E-state index contributed by atoms with van der Waals surface area (Å²) in [6.45, 7) is 8.57. The Morgan fingerprint density at radius 3 is 2.28 bits per heavy atom. The molecule has 2 aliphatic carbocycles. The van der Waals surface area contributed by atoms with Crippen LogP contribution in [0.4, 0.5) is 5.69 Å². The molecule has 0 spiro atoms. The molecule has 3 aromatic rings. The van der Waals surface area contributed by atoms with E-state index in [0.717, 1.165) is 86.2 Å². The molecule has 0 N–H and O–H groups in total. The Hall–Kier alpha value is -3.39. The van der Waals surface area contributed by atoms with Crippen molar-refractivity contribution in [3.63, 3.8) is 0 Å². The quantitative estimate of drug-likeness (QED) is 0.191. The van der Waals surface area contributed by atoms with Crippen LogP contribution in [0.25, 0.3) is 10.4 Å². The van der Waals surface area contributed by atoms with Crippen LogP contribution in [0.1, 0.15) is 102 Å². The summed E-state index contributed by atoms with van der Waals surface area (Å²) in [5.74, 6) is 2.50. The SMILES string of the molecule is COc1ncc(-c2cccc(N(CC3CCC(c4ccc(OC)c(C)c4)CC3)C(=O)C3CCC(CCC(=O)OC(C)(C)C)CC3)c2)s1. The van der Waals surface area contributed by atoms with Crippen molar-refractivity contribution in [2.45, 2.75) is 103 Å². The van der Waals surface area contributed by atoms with E-state index < -0.39 is 5.60 Å². The number of thiazole rings is 1. The Bertz CT molecular complexity index is 1490. The molecule has 2 fully saturated rings. The highest BCUT2D eigenvalue weighted by Crippen LogP contribution is 2.40. The molecular formula is C39H52N2O5S. The molecule has 0 aliphatic heterocycles. The van der Waals surface area contributed by atoms with Gasteiger partial charge in [0.25, 0.3) is 5.19 Å². The van der Waals surface area contributed by atoms with Crippen LogP contribution in [0.15, 0.2) is 48.7 Å². The van der Waals surface area contributed by atoms with Crippen LogP contribution in [0.5, 0.6) is 10.9 Å². The number of ether oxygens (including phenoxy) is 3. The smallest absolute Gasteiger partial charge is 0.306 e. The summed E-state index contributed by atoms with van der Waals surface area (Å²) in [7, 11) is 3.36. The summed E-state index contributed by atoms with van der Waals surface area (Å²) in [5.41, 5.74) is 4.13. The number of hydrogen-bond acceptors (Lipinski definition) is 7. The molecule has 1 heterocycles. The first kappa shape index (κ1) is 34.9. The van der Waals surface area contributed by atoms with Crippen LogP contribution in [-0.4, -0.2) is 43.2 Å². The molecular weight excluding hydrogens is 609 g/mol. The lowest BCUT2D eigenvalue weighted by Gasteiger charge is -2.36. The number of amides is 1. The molecule has 254 valence electrons. The van der Waals surface area contributed by atoms with Crippen LogP contribution in [-0.2, 0) is 14.3 Å². The van der Waals surface area contributed by atoms with E-state index in [1.807, 2.05) is 33.0 Å². The van der Waals surface area contributed by atoms with Crippen molar-refractivity contribution in [3.8, 4) is 21.4 Å². The third-order valence-corrected chi connectivity index (χ3v) is 10.9. The second-order valence-electron chi connectivity index (χ2n) is 14.5. The predicted molar refractivity (Wildman–Crippen MR) is 189 cm³/mol. The summed E-state index contributed by atoms with van der Waals surface area (Å²) in [4.78, 5) is 34.2. The van der Waals surface area contributed by atoms with Gasteiger partial charge in [-0.15, -0.1) is 0 Å². The molecule has 0 bridgehead atoms. The van der Waals surface area contributed by atoms with Crippen molar-refractivity contribution >= 4 is 28.9 Å². The maximum Gasteiger partial charge on any atom is 0.306 e. The van der Waals surface area contributed by atoms with E-state index >= 15 is 0 Å². The van der Waals surface area contributed by atoms with Gasteiger partial charge < -0.3 is 19.1 Å². The lowest BCUT2D eigenvalue weighted by molar-refractivity contribution is -0.155. The van der Waals surface area contributed by atoms with Crippen LogP contribution >= 0.6 is 11.3 Å². The molecule has 0 atom stereocenters. The largest absolute Gasteiger partial charge is 0.496 e. The van der Waals surface area contributed by atoms with Gasteiger partial charge in [-0.05, 0) is 138 Å². The zero-order chi connectivity index (χ0) is 33.6. The number of aryl methyl sites for hydroxylation is 1. The van der Waals surface area contributed by atoms with E-state index in [4.69, 9.17) is 14.2 Å². The number of esters is 1. The number of nitrogens with zero attached hydrogens (tertiary/aromatic N) is 2. The van der Waals surface area contributed by atoms with Crippen molar-refractivity contribution in [2.24, 2.45) is 17.8 Å². The average Bonchev–Trinajstić information content (AvgIpc) is 3.55. The van der Waals surface area contributed by atoms with Gasteiger partial charge in [0, 0.05) is 30.8 Å². The third kappa shape index (κ3) is 9.37. The van der Waals surface area contributed by atoms with Gasteiger partial charge in [-0.1, -0.05) is 35.6 Å². The molecule has 8 heteroatoms. The topological polar surface area (TPSA) is 78.0 Å². The maximum atomic E-state index is 14.4. The van der Waals surface area contributed by atoms with E-state index in [1.165, 1.54) is 22.5 Å². The number of methoxy groups -OCH3 is 2. The van der Waals surface area contributed by atoms with Crippen LogP contribution in [0.2, 0.25) is 0 Å². The van der Waals surface area contributed by atoms with Crippen LogP contribution in [0, 0.1) is 24.7 Å². The number of benzene rings is 2. The van der Waals surface area contributed by atoms with Gasteiger partial charge >= 0.3 is 5.97 Å². The summed E-state index contributed by atoms with van der Waals surface area (Å²) in [5, 5.41) is 0.630. The highest BCUT2D eigenvalue weighted by atomic mass is 32.1. The zero-order valence-electron chi connectivity index (χ0n) is 29.1. The second-order valence-corrected chi connectivity index (χ2v) is 15.5. The molecule has 1 aromatic heterocycles. The van der Waals surface area contributed by atoms with Crippen molar-refractivity contribution in [3.05, 3.63) is 59.8 Å². The maximum absolute atomic E-state index is 14.4. The zero-order valence-corrected chi connectivity index (χ0v) is 29.9. The minimum Gasteiger partial charge on any atom is -0.496 e. The van der Waals surface area contributed by atoms with Gasteiger partial charge in [-0.25, -0.2) is 4.98 Å². The Morgan fingerprint density at radius 2 is 1.64 bits per heavy atom. The molecule has 7 nitrogen and oxygen atoms in total. The number of carbonyl (C=O) groups is 2. The van der Waals surface area contributed by atoms with Gasteiger partial charge in [-0.3, -0.25) is 9.59 Å². The summed E-state index contributed by atoms with van der Waals surface area (Å²) < 4.78 is 16.3. The van der Waals surface area contributed by atoms with Gasteiger partial charge in [0.05, 0.1) is 19.1 Å². The minimum atomic E-state index is -0.456. The monoisotopic (exact) mass is 660 g/mol. The normalized spacial score (nSPS) is 21.6. The predicted octanol–water partition coefficient (Wildman–Crippen LogP) is 9.37. The third-order valence-electron chi connectivity index (χ3n) is 9.92. The van der Waals surface area contributed by atoms with E-state index in [0.29, 0.717) is 29.4 Å². The van der Waals surface area contributed by atoms with E-state index in [2.05, 4.69) is 53.2 Å². The van der Waals surface area contributed by atoms with Gasteiger partial charge in [0.2, 0.25) is 5.91 Å². The van der Waals surface area contributed by atoms with Gasteiger partial charge in [0.15, 0.2) is 0 Å². The van der Waals surface area contributed by atoms with E-state index in [1.54, 1.807) is 14.2 Å². The van der Waals surface area contributed by atoms with Crippen molar-refractivity contribution in [2.75, 3.05) is 25.7 Å². The molecule has 2 aromatic carbocycles. The second kappa shape index (κ2) is 15.7. The van der Waals surface area contributed by atoms with Crippen molar-refractivity contribution in [1.82, 2.24) is 4.98 Å². The summed E-state index contributed by atoms with van der Waals surface area (Å²) >= 11 is 1.51. The van der Waals surface area contributed by atoms with E-state index in [9.17, 15) is 9.59 Å². The Kier molecular flexibility index (Phi) is 11.6. The number of hydrogen-bond donors (Lipinski definition) is 0. The van der Waals surface area contributed by atoms with Crippen molar-refractivity contribution in [1.29, 1.82) is 0 Å². The molecule has 0 radical (unpaired) electrons. The average molecular weight is 661 g/mol. The Morgan fingerprint density at radius 1 is 0.915 bits per heavy atom. The highest BCUT2D eigenvalue weighted by Gasteiger charge is 2.33. The molecule has 47 heavy (non-hydrogen) atoms. The summed E-state index contributed by atoms with van der Waals surface area (Å²) in [6.07, 6.45) is 11.2. The fraction of sp³-hybridized carbons (Fsp3) is 0.564. The van der Waals surface area contributed by atoms with E-state index in [-0.39, 0.29) is 17.8 Å². The molecule has 0 saturated heterocycles. The fourth-order valence-electron chi connectivity index (χ4n) is 7.36. The molecule has 5 rings (SSSR count). The molecule has 0 unspecified atom stereocenters. The Balaban J connectivity index is 1.27. The standard InChI is InChI=1S/C39H52N2O5S/c1-26-22-31(19-20-34(26)44-5)29-15-12-28(13-16-29)25-41(33-9-7-8-32(23-33)35-24-40-38(45-6)47-35)37(43)30-17-10-27(11-18-30)14-21-36(42)46-39(2,3)4/h7-9,19-20,22-24,27-30H,10-18,21,25H2,1-6H3. The first-order chi connectivity index (χ1) is 22.5. The first-order valence-electron chi connectivity index (χ1n) is 17.3. The van der Waals surface area contributed by atoms with Crippen LogP contribution in [0.3, 0.4) is 0 Å². The highest BCUT2D eigenvalue weighted by molar-refractivity contribution is 7.16. The lowest BCUT2D eigenvalue weighted by Crippen LogP contribution is -2.41.